The Morgan fingerprint density at radius 3 is 2.60 bits per heavy atom. The van der Waals surface area contributed by atoms with E-state index in [1.807, 2.05) is 20.8 Å². The minimum atomic E-state index is -1.11. The first-order valence-electron chi connectivity index (χ1n) is 13.4. The Morgan fingerprint density at radius 1 is 1.31 bits per heavy atom. The standard InChI is InChI=1S/C27H44N2O6/c1-7-11-12-16-28(15-8-2)24(32)22-27-14-13-26(6,35-27)21(25(33)34-10-4)20(27)23(31)29(22)19(17-30)18(5)9-3/h8,18-22,30H,2,7,9-17H2,1,3-6H3/t18-,19-,20-,21+,22?,26-,27?/m0/s1. The fourth-order valence-corrected chi connectivity index (χ4v) is 6.58. The van der Waals surface area contributed by atoms with E-state index in [0.717, 1.165) is 25.7 Å². The zero-order valence-corrected chi connectivity index (χ0v) is 22.1. The molecule has 1 spiro atoms. The molecular weight excluding hydrogens is 448 g/mol. The summed E-state index contributed by atoms with van der Waals surface area (Å²) in [5, 5.41) is 10.4. The number of rotatable bonds is 13. The summed E-state index contributed by atoms with van der Waals surface area (Å²) < 4.78 is 12.0. The third-order valence-electron chi connectivity index (χ3n) is 8.53. The van der Waals surface area contributed by atoms with Crippen molar-refractivity contribution >= 4 is 17.8 Å². The molecule has 198 valence electrons. The molecule has 0 aromatic heterocycles. The predicted molar refractivity (Wildman–Crippen MR) is 132 cm³/mol. The van der Waals surface area contributed by atoms with Gasteiger partial charge in [0.1, 0.15) is 17.6 Å². The fourth-order valence-electron chi connectivity index (χ4n) is 6.58. The third-order valence-corrected chi connectivity index (χ3v) is 8.53. The number of ether oxygens (including phenoxy) is 2. The van der Waals surface area contributed by atoms with Crippen LogP contribution in [0.1, 0.15) is 73.1 Å². The lowest BCUT2D eigenvalue weighted by atomic mass is 9.66. The maximum absolute atomic E-state index is 14.3. The highest BCUT2D eigenvalue weighted by atomic mass is 16.6. The average Bonchev–Trinajstić information content (AvgIpc) is 3.40. The summed E-state index contributed by atoms with van der Waals surface area (Å²) in [7, 11) is 0. The Hall–Kier alpha value is -1.93. The van der Waals surface area contributed by atoms with Crippen molar-refractivity contribution in [1.82, 2.24) is 9.80 Å². The molecule has 1 N–H and O–H groups in total. The van der Waals surface area contributed by atoms with Gasteiger partial charge in [0.05, 0.1) is 30.8 Å². The highest BCUT2D eigenvalue weighted by Crippen LogP contribution is 2.64. The van der Waals surface area contributed by atoms with E-state index in [0.29, 0.717) is 25.9 Å². The lowest BCUT2D eigenvalue weighted by Crippen LogP contribution is -2.60. The normalized spacial score (nSPS) is 32.9. The Balaban J connectivity index is 2.10. The topological polar surface area (TPSA) is 96.4 Å². The maximum atomic E-state index is 14.3. The van der Waals surface area contributed by atoms with Crippen molar-refractivity contribution in [2.75, 3.05) is 26.3 Å². The van der Waals surface area contributed by atoms with Crippen molar-refractivity contribution in [1.29, 1.82) is 0 Å². The lowest BCUT2D eigenvalue weighted by molar-refractivity contribution is -0.162. The number of unbranched alkanes of at least 4 members (excludes halogenated alkanes) is 2. The highest BCUT2D eigenvalue weighted by molar-refractivity contribution is 5.98. The Morgan fingerprint density at radius 2 is 2.03 bits per heavy atom. The number of likely N-dealkylation sites (tertiary alicyclic amines) is 1. The number of hydrogen-bond donors (Lipinski definition) is 1. The molecule has 2 bridgehead atoms. The fraction of sp³-hybridized carbons (Fsp3) is 0.815. The van der Waals surface area contributed by atoms with E-state index in [1.54, 1.807) is 22.8 Å². The van der Waals surface area contributed by atoms with Crippen molar-refractivity contribution in [3.05, 3.63) is 12.7 Å². The van der Waals surface area contributed by atoms with Crippen LogP contribution >= 0.6 is 0 Å². The number of carbonyl (C=O) groups excluding carboxylic acids is 3. The van der Waals surface area contributed by atoms with Crippen LogP contribution in [0.25, 0.3) is 0 Å². The minimum Gasteiger partial charge on any atom is -0.466 e. The van der Waals surface area contributed by atoms with Crippen LogP contribution in [0.2, 0.25) is 0 Å². The highest BCUT2D eigenvalue weighted by Gasteiger charge is 2.79. The van der Waals surface area contributed by atoms with Crippen LogP contribution in [0.5, 0.6) is 0 Å². The van der Waals surface area contributed by atoms with Gasteiger partial charge in [0.2, 0.25) is 11.8 Å². The van der Waals surface area contributed by atoms with Gasteiger partial charge in [0, 0.05) is 13.1 Å². The number of amides is 2. The van der Waals surface area contributed by atoms with Gasteiger partial charge in [0.25, 0.3) is 0 Å². The number of hydrogen-bond acceptors (Lipinski definition) is 6. The van der Waals surface area contributed by atoms with Crippen LogP contribution in [-0.4, -0.2) is 82.3 Å². The summed E-state index contributed by atoms with van der Waals surface area (Å²) in [5.41, 5.74) is -1.96. The van der Waals surface area contributed by atoms with Crippen molar-refractivity contribution in [3.63, 3.8) is 0 Å². The first-order valence-corrected chi connectivity index (χ1v) is 13.4. The number of esters is 1. The Labute approximate surface area is 210 Å². The van der Waals surface area contributed by atoms with Crippen molar-refractivity contribution in [2.45, 2.75) is 96.4 Å². The first kappa shape index (κ1) is 27.7. The summed E-state index contributed by atoms with van der Waals surface area (Å²) in [6.45, 7) is 14.4. The molecule has 2 amide bonds. The Kier molecular flexibility index (Phi) is 8.69. The molecule has 8 heteroatoms. The van der Waals surface area contributed by atoms with E-state index in [2.05, 4.69) is 13.5 Å². The number of aliphatic hydroxyl groups is 1. The molecule has 0 saturated carbocycles. The molecular formula is C27H44N2O6. The van der Waals surface area contributed by atoms with Crippen LogP contribution in [0, 0.1) is 17.8 Å². The second kappa shape index (κ2) is 11.0. The molecule has 0 radical (unpaired) electrons. The van der Waals surface area contributed by atoms with Crippen molar-refractivity contribution in [3.8, 4) is 0 Å². The average molecular weight is 493 g/mol. The summed E-state index contributed by atoms with van der Waals surface area (Å²) in [6.07, 6.45) is 6.40. The van der Waals surface area contributed by atoms with E-state index in [-0.39, 0.29) is 30.9 Å². The van der Waals surface area contributed by atoms with Crippen molar-refractivity contribution in [2.24, 2.45) is 17.8 Å². The molecule has 3 heterocycles. The molecule has 3 rings (SSSR count). The minimum absolute atomic E-state index is 0.0312. The molecule has 35 heavy (non-hydrogen) atoms. The van der Waals surface area contributed by atoms with E-state index in [9.17, 15) is 19.5 Å². The quantitative estimate of drug-likeness (QED) is 0.241. The van der Waals surface area contributed by atoms with Gasteiger partial charge in [-0.25, -0.2) is 0 Å². The molecule has 0 aliphatic carbocycles. The largest absolute Gasteiger partial charge is 0.466 e. The molecule has 8 nitrogen and oxygen atoms in total. The predicted octanol–water partition coefficient (Wildman–Crippen LogP) is 2.93. The smallest absolute Gasteiger partial charge is 0.312 e. The second-order valence-corrected chi connectivity index (χ2v) is 10.6. The Bertz CT molecular complexity index is 817. The van der Waals surface area contributed by atoms with Gasteiger partial charge < -0.3 is 24.4 Å². The number of nitrogens with zero attached hydrogens (tertiary/aromatic N) is 2. The molecule has 7 atom stereocenters. The summed E-state index contributed by atoms with van der Waals surface area (Å²) in [6, 6.07) is -1.44. The lowest BCUT2D eigenvalue weighted by Gasteiger charge is -2.41. The molecule has 0 aromatic carbocycles. The van der Waals surface area contributed by atoms with Crippen LogP contribution in [0.3, 0.4) is 0 Å². The SMILES string of the molecule is C=CCN(CCCCC)C(=O)C1N([C@@H](CO)[C@@H](C)CC)C(=O)[C@@H]2[C@H](C(=O)OCC)[C@]3(C)CCC12O3. The second-order valence-electron chi connectivity index (χ2n) is 10.6. The number of carbonyl (C=O) groups is 3. The number of aliphatic hydroxyl groups excluding tert-OH is 1. The van der Waals surface area contributed by atoms with E-state index < -0.39 is 41.1 Å². The summed E-state index contributed by atoms with van der Waals surface area (Å²) >= 11 is 0. The van der Waals surface area contributed by atoms with Crippen LogP contribution in [-0.2, 0) is 23.9 Å². The van der Waals surface area contributed by atoms with Gasteiger partial charge in [-0.05, 0) is 39.0 Å². The maximum Gasteiger partial charge on any atom is 0.312 e. The molecule has 0 aromatic rings. The van der Waals surface area contributed by atoms with Crippen LogP contribution < -0.4 is 0 Å². The summed E-state index contributed by atoms with van der Waals surface area (Å²) in [5.74, 6) is -2.51. The van der Waals surface area contributed by atoms with Crippen LogP contribution in [0.4, 0.5) is 0 Å². The van der Waals surface area contributed by atoms with E-state index in [4.69, 9.17) is 9.47 Å². The van der Waals surface area contributed by atoms with E-state index >= 15 is 0 Å². The third kappa shape index (κ3) is 4.52. The van der Waals surface area contributed by atoms with Crippen molar-refractivity contribution < 1.29 is 29.0 Å². The van der Waals surface area contributed by atoms with E-state index in [1.165, 1.54) is 0 Å². The van der Waals surface area contributed by atoms with Gasteiger partial charge in [-0.1, -0.05) is 46.1 Å². The van der Waals surface area contributed by atoms with Gasteiger partial charge in [-0.2, -0.15) is 0 Å². The zero-order valence-electron chi connectivity index (χ0n) is 22.1. The molecule has 3 aliphatic heterocycles. The molecule has 2 unspecified atom stereocenters. The zero-order chi connectivity index (χ0) is 26.0. The summed E-state index contributed by atoms with van der Waals surface area (Å²) in [4.78, 5) is 44.9. The number of fused-ring (bicyclic) bond motifs is 1. The van der Waals surface area contributed by atoms with Gasteiger partial charge >= 0.3 is 5.97 Å². The monoisotopic (exact) mass is 492 g/mol. The van der Waals surface area contributed by atoms with Gasteiger partial charge in [-0.15, -0.1) is 6.58 Å². The van der Waals surface area contributed by atoms with Gasteiger partial charge in [0.15, 0.2) is 0 Å². The molecule has 3 saturated heterocycles. The first-order chi connectivity index (χ1) is 16.7. The molecule has 3 fully saturated rings. The van der Waals surface area contributed by atoms with Crippen LogP contribution in [0.15, 0.2) is 12.7 Å². The van der Waals surface area contributed by atoms with Gasteiger partial charge in [-0.3, -0.25) is 14.4 Å². The molecule has 3 aliphatic rings.